The lowest BCUT2D eigenvalue weighted by Crippen LogP contribution is -2.13. The van der Waals surface area contributed by atoms with E-state index in [0.29, 0.717) is 11.3 Å². The minimum absolute atomic E-state index is 0.140. The van der Waals surface area contributed by atoms with Crippen molar-refractivity contribution >= 4 is 40.6 Å². The van der Waals surface area contributed by atoms with E-state index in [0.717, 1.165) is 4.90 Å². The first kappa shape index (κ1) is 17.1. The summed E-state index contributed by atoms with van der Waals surface area (Å²) in [4.78, 5) is 23.5. The van der Waals surface area contributed by atoms with Gasteiger partial charge >= 0.3 is 0 Å². The summed E-state index contributed by atoms with van der Waals surface area (Å²) >= 11 is 7.48. The minimum atomic E-state index is -0.542. The molecule has 7 heteroatoms. The first-order chi connectivity index (χ1) is 11.0. The number of halogens is 1. The van der Waals surface area contributed by atoms with Crippen molar-refractivity contribution in [1.29, 1.82) is 0 Å². The molecule has 0 unspecified atom stereocenters. The van der Waals surface area contributed by atoms with Crippen molar-refractivity contribution in [1.82, 2.24) is 0 Å². The lowest BCUT2D eigenvalue weighted by atomic mass is 10.2. The van der Waals surface area contributed by atoms with Gasteiger partial charge in [0.15, 0.2) is 0 Å². The summed E-state index contributed by atoms with van der Waals surface area (Å²) in [5.41, 5.74) is 0.537. The largest absolute Gasteiger partial charge is 0.320 e. The molecule has 1 amide bonds. The maximum Gasteiger partial charge on any atom is 0.271 e. The Morgan fingerprint density at radius 3 is 2.78 bits per heavy atom. The Morgan fingerprint density at radius 1 is 1.35 bits per heavy atom. The maximum atomic E-state index is 12.5. The van der Waals surface area contributed by atoms with E-state index < -0.39 is 4.92 Å². The zero-order chi connectivity index (χ0) is 16.8. The van der Waals surface area contributed by atoms with Gasteiger partial charge in [-0.1, -0.05) is 29.8 Å². The molecule has 23 heavy (non-hydrogen) atoms. The summed E-state index contributed by atoms with van der Waals surface area (Å²) in [5.74, 6) is 0.293. The monoisotopic (exact) mass is 348 g/mol. The van der Waals surface area contributed by atoms with Crippen LogP contribution in [0.5, 0.6) is 0 Å². The van der Waals surface area contributed by atoms with E-state index in [1.165, 1.54) is 30.0 Å². The second kappa shape index (κ2) is 7.80. The lowest BCUT2D eigenvalue weighted by Gasteiger charge is -2.10. The van der Waals surface area contributed by atoms with Crippen molar-refractivity contribution in [3.05, 3.63) is 75.8 Å². The summed E-state index contributed by atoms with van der Waals surface area (Å²) in [5, 5.41) is 13.7. The van der Waals surface area contributed by atoms with E-state index in [4.69, 9.17) is 11.6 Å². The molecular weight excluding hydrogens is 336 g/mol. The third-order valence-electron chi connectivity index (χ3n) is 2.90. The average Bonchev–Trinajstić information content (AvgIpc) is 2.55. The molecule has 118 valence electrons. The number of thioether (sulfide) groups is 1. The lowest BCUT2D eigenvalue weighted by molar-refractivity contribution is -0.384. The number of non-ortho nitro benzene ring substituents is 1. The number of anilines is 1. The zero-order valence-corrected chi connectivity index (χ0v) is 13.6. The molecule has 0 bridgehead atoms. The summed E-state index contributed by atoms with van der Waals surface area (Å²) in [7, 11) is 0. The third-order valence-corrected chi connectivity index (χ3v) is 4.30. The van der Waals surface area contributed by atoms with Crippen molar-refractivity contribution < 1.29 is 9.72 Å². The second-order valence-corrected chi connectivity index (χ2v) is 5.94. The molecule has 2 aromatic rings. The highest BCUT2D eigenvalue weighted by Gasteiger charge is 2.15. The number of nitrogens with one attached hydrogen (secondary N) is 1. The van der Waals surface area contributed by atoms with E-state index in [2.05, 4.69) is 11.9 Å². The van der Waals surface area contributed by atoms with Crippen molar-refractivity contribution in [2.24, 2.45) is 0 Å². The number of nitro benzene ring substituents is 1. The van der Waals surface area contributed by atoms with Gasteiger partial charge in [-0.15, -0.1) is 18.3 Å². The highest BCUT2D eigenvalue weighted by atomic mass is 35.5. The number of hydrogen-bond donors (Lipinski definition) is 1. The van der Waals surface area contributed by atoms with Gasteiger partial charge in [-0.2, -0.15) is 0 Å². The van der Waals surface area contributed by atoms with Crippen LogP contribution in [-0.4, -0.2) is 16.6 Å². The molecule has 0 saturated heterocycles. The number of nitro groups is 1. The summed E-state index contributed by atoms with van der Waals surface area (Å²) in [6, 6.07) is 11.0. The summed E-state index contributed by atoms with van der Waals surface area (Å²) in [6.07, 6.45) is 1.75. The van der Waals surface area contributed by atoms with Crippen LogP contribution in [0.1, 0.15) is 10.4 Å². The van der Waals surface area contributed by atoms with E-state index in [-0.39, 0.29) is 22.3 Å². The Kier molecular flexibility index (Phi) is 5.78. The zero-order valence-electron chi connectivity index (χ0n) is 12.0. The second-order valence-electron chi connectivity index (χ2n) is 4.47. The number of amides is 1. The minimum Gasteiger partial charge on any atom is -0.320 e. The van der Waals surface area contributed by atoms with Crippen LogP contribution in [0.4, 0.5) is 11.4 Å². The van der Waals surface area contributed by atoms with Crippen LogP contribution in [0, 0.1) is 10.1 Å². The molecule has 0 aliphatic carbocycles. The van der Waals surface area contributed by atoms with Crippen molar-refractivity contribution in [2.75, 3.05) is 11.1 Å². The summed E-state index contributed by atoms with van der Waals surface area (Å²) in [6.45, 7) is 3.65. The van der Waals surface area contributed by atoms with Gasteiger partial charge in [0, 0.05) is 22.8 Å². The molecular formula is C16H13ClN2O3S. The summed E-state index contributed by atoms with van der Waals surface area (Å²) < 4.78 is 0. The fraction of sp³-hybridized carbons (Fsp3) is 0.0625. The number of benzene rings is 2. The highest BCUT2D eigenvalue weighted by molar-refractivity contribution is 7.99. The van der Waals surface area contributed by atoms with Crippen molar-refractivity contribution in [3.63, 3.8) is 0 Å². The van der Waals surface area contributed by atoms with Crippen LogP contribution < -0.4 is 5.32 Å². The molecule has 0 aromatic heterocycles. The van der Waals surface area contributed by atoms with Crippen LogP contribution in [0.3, 0.4) is 0 Å². The molecule has 0 aliphatic heterocycles. The highest BCUT2D eigenvalue weighted by Crippen LogP contribution is 2.28. The van der Waals surface area contributed by atoms with Gasteiger partial charge in [-0.05, 0) is 18.2 Å². The molecule has 0 fully saturated rings. The van der Waals surface area contributed by atoms with Crippen LogP contribution in [0.2, 0.25) is 5.02 Å². The third kappa shape index (κ3) is 4.34. The number of rotatable bonds is 6. The molecule has 2 aromatic carbocycles. The van der Waals surface area contributed by atoms with E-state index >= 15 is 0 Å². The fourth-order valence-corrected chi connectivity index (χ4v) is 2.79. The van der Waals surface area contributed by atoms with E-state index in [1.807, 2.05) is 12.1 Å². The quantitative estimate of drug-likeness (QED) is 0.353. The molecule has 0 heterocycles. The van der Waals surface area contributed by atoms with Crippen LogP contribution in [0.15, 0.2) is 60.0 Å². The van der Waals surface area contributed by atoms with Gasteiger partial charge in [0.25, 0.3) is 11.6 Å². The van der Waals surface area contributed by atoms with Gasteiger partial charge in [-0.3, -0.25) is 14.9 Å². The first-order valence-corrected chi connectivity index (χ1v) is 7.97. The molecule has 0 aliphatic rings. The van der Waals surface area contributed by atoms with E-state index in [1.54, 1.807) is 18.2 Å². The average molecular weight is 349 g/mol. The van der Waals surface area contributed by atoms with Crippen LogP contribution in [0.25, 0.3) is 0 Å². The smallest absolute Gasteiger partial charge is 0.271 e. The SMILES string of the molecule is C=CCSc1ccccc1C(=O)Nc1cc([N+](=O)[O-])ccc1Cl. The number of carbonyl (C=O) groups excluding carboxylic acids is 1. The fourth-order valence-electron chi connectivity index (χ4n) is 1.84. The van der Waals surface area contributed by atoms with Crippen molar-refractivity contribution in [3.8, 4) is 0 Å². The number of carbonyl (C=O) groups is 1. The normalized spacial score (nSPS) is 10.1. The molecule has 5 nitrogen and oxygen atoms in total. The van der Waals surface area contributed by atoms with Gasteiger partial charge in [-0.25, -0.2) is 0 Å². The van der Waals surface area contributed by atoms with Gasteiger partial charge < -0.3 is 5.32 Å². The molecule has 0 radical (unpaired) electrons. The van der Waals surface area contributed by atoms with E-state index in [9.17, 15) is 14.9 Å². The molecule has 2 rings (SSSR count). The predicted octanol–water partition coefficient (Wildman–Crippen LogP) is 4.78. The van der Waals surface area contributed by atoms with Gasteiger partial charge in [0.05, 0.1) is 21.2 Å². The first-order valence-electron chi connectivity index (χ1n) is 6.61. The van der Waals surface area contributed by atoms with Crippen LogP contribution in [-0.2, 0) is 0 Å². The Labute approximate surface area is 142 Å². The molecule has 0 spiro atoms. The Hall–Kier alpha value is -2.31. The molecule has 0 atom stereocenters. The standard InChI is InChI=1S/C16H13ClN2O3S/c1-2-9-23-15-6-4-3-5-12(15)16(20)18-14-10-11(19(21)22)7-8-13(14)17/h2-8,10H,1,9H2,(H,18,20). The number of hydrogen-bond acceptors (Lipinski definition) is 4. The Bertz CT molecular complexity index is 765. The van der Waals surface area contributed by atoms with Crippen LogP contribution >= 0.6 is 23.4 Å². The maximum absolute atomic E-state index is 12.5. The molecule has 0 saturated carbocycles. The Morgan fingerprint density at radius 2 is 2.09 bits per heavy atom. The predicted molar refractivity (Wildman–Crippen MR) is 93.4 cm³/mol. The van der Waals surface area contributed by atoms with Crippen molar-refractivity contribution in [2.45, 2.75) is 4.90 Å². The van der Waals surface area contributed by atoms with Gasteiger partial charge in [0.1, 0.15) is 0 Å². The topological polar surface area (TPSA) is 72.2 Å². The molecule has 1 N–H and O–H groups in total. The van der Waals surface area contributed by atoms with Gasteiger partial charge in [0.2, 0.25) is 0 Å². The number of nitrogens with zero attached hydrogens (tertiary/aromatic N) is 1. The Balaban J connectivity index is 2.27.